The van der Waals surface area contributed by atoms with Crippen LogP contribution in [0.15, 0.2) is 0 Å². The van der Waals surface area contributed by atoms with Crippen LogP contribution in [0.2, 0.25) is 0 Å². The van der Waals surface area contributed by atoms with E-state index in [9.17, 15) is 43.2 Å². The number of unbranched alkanes of at least 4 members (excludes halogenated alkanes) is 61. The van der Waals surface area contributed by atoms with Crippen LogP contribution in [-0.2, 0) is 65.4 Å². The molecule has 0 aromatic carbocycles. The third kappa shape index (κ3) is 82.1. The van der Waals surface area contributed by atoms with Crippen molar-refractivity contribution in [3.8, 4) is 0 Å². The molecule has 17 nitrogen and oxygen atoms in total. The second-order valence-corrected chi connectivity index (χ2v) is 35.4. The average molecular weight is 1580 g/mol. The first kappa shape index (κ1) is 106. The number of phosphoric ester groups is 2. The first-order chi connectivity index (χ1) is 52.5. The van der Waals surface area contributed by atoms with Gasteiger partial charge in [0.15, 0.2) is 12.2 Å². The van der Waals surface area contributed by atoms with Crippen LogP contribution in [0.25, 0.3) is 0 Å². The molecule has 0 radical (unpaired) electrons. The molecule has 108 heavy (non-hydrogen) atoms. The second kappa shape index (κ2) is 81.6. The first-order valence-corrected chi connectivity index (χ1v) is 49.1. The zero-order valence-electron chi connectivity index (χ0n) is 71.0. The van der Waals surface area contributed by atoms with Gasteiger partial charge in [-0.25, -0.2) is 9.13 Å². The van der Waals surface area contributed by atoms with Crippen LogP contribution in [0.5, 0.6) is 0 Å². The SMILES string of the molecule is CCCCCCCCCCCCCCCCCCCCCCC(=O)O[C@H](COC(=O)CCCCCCCCCCCCCCCCCCCCC)COP(=O)(O)OC[C@@H](O)COP(=O)(O)OC[C@@H](COC(=O)CCCCCCCCCCCC(C)C)OC(=O)CCCCCCCCCCCCCCCCCCC. The number of esters is 4. The van der Waals surface area contributed by atoms with Gasteiger partial charge in [-0.05, 0) is 31.6 Å². The van der Waals surface area contributed by atoms with Crippen molar-refractivity contribution < 1.29 is 80.2 Å². The van der Waals surface area contributed by atoms with Crippen molar-refractivity contribution in [2.45, 2.75) is 502 Å². The van der Waals surface area contributed by atoms with Crippen LogP contribution in [0.3, 0.4) is 0 Å². The van der Waals surface area contributed by atoms with Crippen LogP contribution in [0.4, 0.5) is 0 Å². The minimum atomic E-state index is -4.97. The maximum absolute atomic E-state index is 13.2. The van der Waals surface area contributed by atoms with Gasteiger partial charge < -0.3 is 33.8 Å². The number of carbonyl (C=O) groups excluding carboxylic acids is 4. The van der Waals surface area contributed by atoms with Crippen molar-refractivity contribution in [3.05, 3.63) is 0 Å². The lowest BCUT2D eigenvalue weighted by Gasteiger charge is -2.21. The van der Waals surface area contributed by atoms with Crippen molar-refractivity contribution in [3.63, 3.8) is 0 Å². The molecule has 0 fully saturated rings. The van der Waals surface area contributed by atoms with E-state index in [1.165, 1.54) is 308 Å². The number of carbonyl (C=O) groups is 4. The van der Waals surface area contributed by atoms with Gasteiger partial charge in [0.2, 0.25) is 0 Å². The smallest absolute Gasteiger partial charge is 0.462 e. The second-order valence-electron chi connectivity index (χ2n) is 32.5. The number of aliphatic hydroxyl groups is 1. The lowest BCUT2D eigenvalue weighted by atomic mass is 10.0. The predicted molar refractivity (Wildman–Crippen MR) is 446 cm³/mol. The Morgan fingerprint density at radius 2 is 0.426 bits per heavy atom. The van der Waals surface area contributed by atoms with E-state index < -0.39 is 97.5 Å². The van der Waals surface area contributed by atoms with Crippen molar-refractivity contribution in [2.75, 3.05) is 39.6 Å². The molecule has 0 aliphatic carbocycles. The number of hydrogen-bond donors (Lipinski definition) is 3. The molecule has 0 aliphatic rings. The lowest BCUT2D eigenvalue weighted by Crippen LogP contribution is -2.30. The fourth-order valence-electron chi connectivity index (χ4n) is 14.0. The Balaban J connectivity index is 5.25. The monoisotopic (exact) mass is 1580 g/mol. The summed E-state index contributed by atoms with van der Waals surface area (Å²) in [4.78, 5) is 73.4. The Kier molecular flexibility index (Phi) is 80.2. The summed E-state index contributed by atoms with van der Waals surface area (Å²) >= 11 is 0. The van der Waals surface area contributed by atoms with E-state index in [0.29, 0.717) is 25.7 Å². The van der Waals surface area contributed by atoms with Crippen LogP contribution in [-0.4, -0.2) is 96.7 Å². The molecule has 0 saturated heterocycles. The molecule has 0 saturated carbocycles. The van der Waals surface area contributed by atoms with Crippen molar-refractivity contribution in [1.29, 1.82) is 0 Å². The maximum Gasteiger partial charge on any atom is 0.472 e. The third-order valence-electron chi connectivity index (χ3n) is 21.0. The van der Waals surface area contributed by atoms with Gasteiger partial charge in [-0.15, -0.1) is 0 Å². The molecular weight excluding hydrogens is 1400 g/mol. The lowest BCUT2D eigenvalue weighted by molar-refractivity contribution is -0.161. The van der Waals surface area contributed by atoms with E-state index in [-0.39, 0.29) is 25.7 Å². The van der Waals surface area contributed by atoms with Gasteiger partial charge in [-0.1, -0.05) is 433 Å². The van der Waals surface area contributed by atoms with Crippen LogP contribution in [0.1, 0.15) is 484 Å². The molecule has 0 heterocycles. The quantitative estimate of drug-likeness (QED) is 0.0222. The van der Waals surface area contributed by atoms with E-state index in [1.807, 2.05) is 0 Å². The average Bonchev–Trinajstić information content (AvgIpc) is 0.900. The summed E-state index contributed by atoms with van der Waals surface area (Å²) in [6, 6.07) is 0. The molecular formula is C89H174O17P2. The normalized spacial score (nSPS) is 13.7. The summed E-state index contributed by atoms with van der Waals surface area (Å²) in [6.45, 7) is 7.37. The Labute approximate surface area is 664 Å². The molecule has 2 unspecified atom stereocenters. The first-order valence-electron chi connectivity index (χ1n) is 46.1. The summed E-state index contributed by atoms with van der Waals surface area (Å²) in [5.74, 6) is -1.35. The molecule has 19 heteroatoms. The number of ether oxygens (including phenoxy) is 4. The third-order valence-corrected chi connectivity index (χ3v) is 22.9. The fraction of sp³-hybridized carbons (Fsp3) is 0.955. The van der Waals surface area contributed by atoms with Gasteiger partial charge in [-0.3, -0.25) is 37.3 Å². The summed E-state index contributed by atoms with van der Waals surface area (Å²) in [5, 5.41) is 10.7. The maximum atomic E-state index is 13.2. The Bertz CT molecular complexity index is 2050. The van der Waals surface area contributed by atoms with Gasteiger partial charge >= 0.3 is 39.5 Å². The highest BCUT2D eigenvalue weighted by molar-refractivity contribution is 7.47. The van der Waals surface area contributed by atoms with Gasteiger partial charge in [0.05, 0.1) is 26.4 Å². The fourth-order valence-corrected chi connectivity index (χ4v) is 15.6. The molecule has 0 rings (SSSR count). The highest BCUT2D eigenvalue weighted by Gasteiger charge is 2.30. The molecule has 5 atom stereocenters. The van der Waals surface area contributed by atoms with E-state index in [0.717, 1.165) is 95.8 Å². The minimum absolute atomic E-state index is 0.109. The molecule has 0 aromatic rings. The standard InChI is InChI=1S/C89H174O17P2/c1-6-9-12-15-18-21-24-27-30-33-35-37-40-43-46-49-54-60-65-70-75-88(93)105-84(78-99-86(91)72-67-62-57-52-47-44-41-39-36-34-31-28-25-22-19-16-13-10-7-2)80-103-107(95,96)101-76-83(90)77-102-108(97,98)104-81-85(79-100-87(92)73-68-63-58-55-50-51-56-61-66-71-82(4)5)106-89(94)74-69-64-59-53-48-45-42-38-32-29-26-23-20-17-14-11-8-3/h82-85,90H,6-81H2,1-5H3,(H,95,96)(H,97,98)/t83-,84-,85-/m1/s1. The Hall–Kier alpha value is -1.94. The summed E-state index contributed by atoms with van der Waals surface area (Å²) in [5.41, 5.74) is 0. The van der Waals surface area contributed by atoms with Gasteiger partial charge in [0, 0.05) is 25.7 Å². The zero-order chi connectivity index (χ0) is 79.0. The largest absolute Gasteiger partial charge is 0.472 e. The summed E-state index contributed by atoms with van der Waals surface area (Å²) in [6.07, 6.45) is 76.4. The molecule has 0 aliphatic heterocycles. The molecule has 642 valence electrons. The van der Waals surface area contributed by atoms with Crippen molar-refractivity contribution in [2.24, 2.45) is 5.92 Å². The van der Waals surface area contributed by atoms with Gasteiger partial charge in [0.25, 0.3) is 0 Å². The van der Waals surface area contributed by atoms with Crippen LogP contribution < -0.4 is 0 Å². The number of rotatable bonds is 89. The number of phosphoric acid groups is 2. The van der Waals surface area contributed by atoms with Gasteiger partial charge in [0.1, 0.15) is 19.3 Å². The van der Waals surface area contributed by atoms with Crippen molar-refractivity contribution >= 4 is 39.5 Å². The van der Waals surface area contributed by atoms with Crippen LogP contribution >= 0.6 is 15.6 Å². The molecule has 3 N–H and O–H groups in total. The Morgan fingerprint density at radius 3 is 0.630 bits per heavy atom. The predicted octanol–water partition coefficient (Wildman–Crippen LogP) is 27.5. The zero-order valence-corrected chi connectivity index (χ0v) is 72.8. The highest BCUT2D eigenvalue weighted by atomic mass is 31.2. The van der Waals surface area contributed by atoms with E-state index in [2.05, 4.69) is 34.6 Å². The van der Waals surface area contributed by atoms with E-state index in [4.69, 9.17) is 37.0 Å². The van der Waals surface area contributed by atoms with Crippen LogP contribution in [0, 0.1) is 5.92 Å². The number of hydrogen-bond acceptors (Lipinski definition) is 15. The van der Waals surface area contributed by atoms with E-state index >= 15 is 0 Å². The minimum Gasteiger partial charge on any atom is -0.462 e. The molecule has 0 amide bonds. The molecule has 0 aromatic heterocycles. The molecule has 0 spiro atoms. The summed E-state index contributed by atoms with van der Waals surface area (Å²) in [7, 11) is -9.93. The molecule has 0 bridgehead atoms. The Morgan fingerprint density at radius 1 is 0.250 bits per heavy atom. The van der Waals surface area contributed by atoms with Gasteiger partial charge in [-0.2, -0.15) is 0 Å². The summed E-state index contributed by atoms with van der Waals surface area (Å²) < 4.78 is 69.0. The van der Waals surface area contributed by atoms with E-state index in [1.54, 1.807) is 0 Å². The highest BCUT2D eigenvalue weighted by Crippen LogP contribution is 2.45. The topological polar surface area (TPSA) is 237 Å². The van der Waals surface area contributed by atoms with Crippen molar-refractivity contribution in [1.82, 2.24) is 0 Å². The number of aliphatic hydroxyl groups excluding tert-OH is 1.